The number of carbonyl (C=O) groups excluding carboxylic acids is 1. The number of nitrogens with one attached hydrogen (secondary N) is 1. The van der Waals surface area contributed by atoms with E-state index in [1.54, 1.807) is 6.92 Å². The van der Waals surface area contributed by atoms with Gasteiger partial charge in [-0.25, -0.2) is 0 Å². The smallest absolute Gasteiger partial charge is 0.303 e. The molecule has 0 spiro atoms. The van der Waals surface area contributed by atoms with E-state index in [1.807, 2.05) is 0 Å². The summed E-state index contributed by atoms with van der Waals surface area (Å²) in [6, 6.07) is 0. The molecular weight excluding hydrogens is 265 g/mol. The number of carboxylic acid groups (broad SMARTS) is 1. The third-order valence-corrected chi connectivity index (χ3v) is 2.99. The van der Waals surface area contributed by atoms with Gasteiger partial charge in [-0.2, -0.15) is 0 Å². The molecule has 5 heteroatoms. The summed E-state index contributed by atoms with van der Waals surface area (Å²) < 4.78 is 0. The molecule has 0 aromatic rings. The van der Waals surface area contributed by atoms with Crippen LogP contribution in [0.15, 0.2) is 12.2 Å². The van der Waals surface area contributed by atoms with E-state index in [0.29, 0.717) is 12.0 Å². The van der Waals surface area contributed by atoms with Crippen LogP contribution in [0.5, 0.6) is 0 Å². The molecule has 1 radical (unpaired) electrons. The molecule has 0 atom stereocenters. The zero-order valence-electron chi connectivity index (χ0n) is 13.0. The molecule has 0 aliphatic carbocycles. The van der Waals surface area contributed by atoms with Crippen molar-refractivity contribution in [1.82, 2.24) is 5.32 Å². The van der Waals surface area contributed by atoms with Crippen molar-refractivity contribution in [3.63, 3.8) is 0 Å². The van der Waals surface area contributed by atoms with Crippen molar-refractivity contribution in [2.24, 2.45) is 0 Å². The van der Waals surface area contributed by atoms with Crippen LogP contribution in [-0.4, -0.2) is 53.1 Å². The van der Waals surface area contributed by atoms with Gasteiger partial charge < -0.3 is 10.4 Å². The van der Waals surface area contributed by atoms with Crippen molar-refractivity contribution in [2.75, 3.05) is 6.54 Å². The van der Waals surface area contributed by atoms with Crippen molar-refractivity contribution in [3.8, 4) is 0 Å². The molecule has 0 aromatic heterocycles. The molecule has 0 unspecified atom stereocenters. The Morgan fingerprint density at radius 2 is 1.40 bits per heavy atom. The maximum absolute atomic E-state index is 11.2. The van der Waals surface area contributed by atoms with Gasteiger partial charge in [-0.1, -0.05) is 45.1 Å². The SMILES string of the molecule is C=C(C)C(=O)NCCCCCCCCCCC(=O)O.[Na]. The second-order valence-corrected chi connectivity index (χ2v) is 5.01. The van der Waals surface area contributed by atoms with E-state index in [-0.39, 0.29) is 35.5 Å². The normalized spacial score (nSPS) is 9.65. The first-order valence-corrected chi connectivity index (χ1v) is 7.19. The van der Waals surface area contributed by atoms with Gasteiger partial charge in [-0.15, -0.1) is 0 Å². The van der Waals surface area contributed by atoms with Crippen molar-refractivity contribution < 1.29 is 14.7 Å². The van der Waals surface area contributed by atoms with Crippen LogP contribution >= 0.6 is 0 Å². The summed E-state index contributed by atoms with van der Waals surface area (Å²) in [5.41, 5.74) is 0.557. The zero-order valence-corrected chi connectivity index (χ0v) is 15.0. The van der Waals surface area contributed by atoms with Crippen LogP contribution < -0.4 is 5.32 Å². The van der Waals surface area contributed by atoms with Crippen molar-refractivity contribution in [2.45, 2.75) is 64.7 Å². The van der Waals surface area contributed by atoms with Crippen molar-refractivity contribution in [1.29, 1.82) is 0 Å². The molecule has 0 aliphatic heterocycles. The maximum Gasteiger partial charge on any atom is 0.303 e. The number of carbonyl (C=O) groups is 2. The van der Waals surface area contributed by atoms with Gasteiger partial charge in [-0.3, -0.25) is 9.59 Å². The maximum atomic E-state index is 11.2. The molecular formula is C15H27NNaO3. The second kappa shape index (κ2) is 15.1. The number of hydrogen-bond acceptors (Lipinski definition) is 2. The Hall–Kier alpha value is -0.320. The summed E-state index contributed by atoms with van der Waals surface area (Å²) in [6.07, 6.45) is 8.93. The largest absolute Gasteiger partial charge is 0.481 e. The predicted octanol–water partition coefficient (Wildman–Crippen LogP) is 2.89. The van der Waals surface area contributed by atoms with Gasteiger partial charge in [0, 0.05) is 48.1 Å². The molecule has 0 aliphatic rings. The fourth-order valence-corrected chi connectivity index (χ4v) is 1.81. The first kappa shape index (κ1) is 22.0. The average Bonchev–Trinajstić information content (AvgIpc) is 2.35. The minimum atomic E-state index is -0.697. The molecule has 0 fully saturated rings. The fourth-order valence-electron chi connectivity index (χ4n) is 1.81. The standard InChI is InChI=1S/C15H27NO3.Na/c1-13(2)15(19)16-12-10-8-6-4-3-5-7-9-11-14(17)18;/h1,3-12H2,2H3,(H,16,19)(H,17,18);. The van der Waals surface area contributed by atoms with Crippen molar-refractivity contribution in [3.05, 3.63) is 12.2 Å². The number of carboxylic acids is 1. The van der Waals surface area contributed by atoms with Gasteiger partial charge >= 0.3 is 5.97 Å². The van der Waals surface area contributed by atoms with E-state index in [0.717, 1.165) is 38.6 Å². The van der Waals surface area contributed by atoms with E-state index >= 15 is 0 Å². The molecule has 0 heterocycles. The number of hydrogen-bond donors (Lipinski definition) is 2. The van der Waals surface area contributed by atoms with Gasteiger partial charge in [0.1, 0.15) is 0 Å². The van der Waals surface area contributed by atoms with Crippen LogP contribution in [0.3, 0.4) is 0 Å². The van der Waals surface area contributed by atoms with Gasteiger partial charge in [-0.05, 0) is 19.8 Å². The summed E-state index contributed by atoms with van der Waals surface area (Å²) in [6.45, 7) is 6.02. The zero-order chi connectivity index (χ0) is 14.5. The van der Waals surface area contributed by atoms with Crippen molar-refractivity contribution >= 4 is 41.4 Å². The van der Waals surface area contributed by atoms with E-state index in [1.165, 1.54) is 19.3 Å². The van der Waals surface area contributed by atoms with Crippen LogP contribution in [0, 0.1) is 0 Å². The van der Waals surface area contributed by atoms with E-state index in [9.17, 15) is 9.59 Å². The Labute approximate surface area is 144 Å². The van der Waals surface area contributed by atoms with E-state index in [2.05, 4.69) is 11.9 Å². The summed E-state index contributed by atoms with van der Waals surface area (Å²) >= 11 is 0. The Balaban J connectivity index is 0. The molecule has 0 saturated heterocycles. The summed E-state index contributed by atoms with van der Waals surface area (Å²) in [7, 11) is 0. The molecule has 0 bridgehead atoms. The second-order valence-electron chi connectivity index (χ2n) is 5.01. The Kier molecular flexibility index (Phi) is 16.6. The Morgan fingerprint density at radius 1 is 0.950 bits per heavy atom. The summed E-state index contributed by atoms with van der Waals surface area (Å²) in [5, 5.41) is 11.3. The molecule has 1 amide bonds. The fraction of sp³-hybridized carbons (Fsp3) is 0.733. The molecule has 20 heavy (non-hydrogen) atoms. The number of rotatable bonds is 12. The minimum absolute atomic E-state index is 0. The minimum Gasteiger partial charge on any atom is -0.481 e. The third kappa shape index (κ3) is 15.7. The first-order valence-electron chi connectivity index (χ1n) is 7.19. The summed E-state index contributed by atoms with van der Waals surface area (Å²) in [5.74, 6) is -0.754. The molecule has 0 aromatic carbocycles. The first-order chi connectivity index (χ1) is 9.04. The quantitative estimate of drug-likeness (QED) is 0.330. The van der Waals surface area contributed by atoms with Crippen LogP contribution in [0.4, 0.5) is 0 Å². The van der Waals surface area contributed by atoms with Gasteiger partial charge in [0.15, 0.2) is 0 Å². The average molecular weight is 292 g/mol. The molecule has 0 saturated carbocycles. The monoisotopic (exact) mass is 292 g/mol. The molecule has 2 N–H and O–H groups in total. The number of aliphatic carboxylic acids is 1. The van der Waals surface area contributed by atoms with Crippen LogP contribution in [0.2, 0.25) is 0 Å². The number of unbranched alkanes of at least 4 members (excludes halogenated alkanes) is 7. The van der Waals surface area contributed by atoms with Gasteiger partial charge in [0.2, 0.25) is 5.91 Å². The van der Waals surface area contributed by atoms with E-state index < -0.39 is 5.97 Å². The molecule has 4 nitrogen and oxygen atoms in total. The van der Waals surface area contributed by atoms with E-state index in [4.69, 9.17) is 5.11 Å². The Bertz CT molecular complexity index is 293. The van der Waals surface area contributed by atoms with Gasteiger partial charge in [0.25, 0.3) is 0 Å². The van der Waals surface area contributed by atoms with Gasteiger partial charge in [0.05, 0.1) is 0 Å². The summed E-state index contributed by atoms with van der Waals surface area (Å²) in [4.78, 5) is 21.5. The van der Waals surface area contributed by atoms with Crippen LogP contribution in [0.25, 0.3) is 0 Å². The predicted molar refractivity (Wildman–Crippen MR) is 82.8 cm³/mol. The van der Waals surface area contributed by atoms with Crippen LogP contribution in [-0.2, 0) is 9.59 Å². The molecule has 0 rings (SSSR count). The topological polar surface area (TPSA) is 66.4 Å². The molecule has 111 valence electrons. The third-order valence-electron chi connectivity index (χ3n) is 2.99. The Morgan fingerprint density at radius 3 is 1.85 bits per heavy atom. The van der Waals surface area contributed by atoms with Crippen LogP contribution in [0.1, 0.15) is 64.7 Å². The number of amides is 1.